The molecule has 0 fully saturated rings. The van der Waals surface area contributed by atoms with Crippen LogP contribution in [0.3, 0.4) is 0 Å². The van der Waals surface area contributed by atoms with E-state index in [4.69, 9.17) is 5.73 Å². The largest absolute Gasteiger partial charge is 0.326 e. The average Bonchev–Trinajstić information content (AvgIpc) is 2.72. The minimum atomic E-state index is 0.582. The summed E-state index contributed by atoms with van der Waals surface area (Å²) in [5.41, 5.74) is 6.75. The zero-order valence-electron chi connectivity index (χ0n) is 9.13. The molecule has 0 saturated heterocycles. The molecule has 0 aliphatic rings. The van der Waals surface area contributed by atoms with E-state index in [2.05, 4.69) is 22.2 Å². The highest BCUT2D eigenvalue weighted by atomic mass is 32.2. The summed E-state index contributed by atoms with van der Waals surface area (Å²) in [6, 6.07) is 8.26. The van der Waals surface area contributed by atoms with Crippen molar-refractivity contribution in [1.29, 1.82) is 0 Å². The molecule has 0 unspecified atom stereocenters. The minimum Gasteiger partial charge on any atom is -0.326 e. The van der Waals surface area contributed by atoms with Gasteiger partial charge in [0.15, 0.2) is 0 Å². The first-order chi connectivity index (χ1) is 7.79. The molecule has 0 radical (unpaired) electrons. The van der Waals surface area contributed by atoms with Gasteiger partial charge in [-0.3, -0.25) is 4.68 Å². The monoisotopic (exact) mass is 234 g/mol. The number of benzene rings is 1. The van der Waals surface area contributed by atoms with Gasteiger partial charge >= 0.3 is 0 Å². The van der Waals surface area contributed by atoms with Crippen LogP contribution in [0.25, 0.3) is 0 Å². The summed E-state index contributed by atoms with van der Waals surface area (Å²) < 4.78 is 1.79. The highest BCUT2D eigenvalue weighted by molar-refractivity contribution is 7.98. The van der Waals surface area contributed by atoms with Crippen molar-refractivity contribution in [3.8, 4) is 0 Å². The summed E-state index contributed by atoms with van der Waals surface area (Å²) in [5.74, 6) is 1.80. The third kappa shape index (κ3) is 2.62. The van der Waals surface area contributed by atoms with E-state index in [9.17, 15) is 0 Å². The Balaban J connectivity index is 2.02. The van der Waals surface area contributed by atoms with Crippen molar-refractivity contribution in [1.82, 2.24) is 14.8 Å². The third-order valence-electron chi connectivity index (χ3n) is 2.31. The Morgan fingerprint density at radius 3 is 3.00 bits per heavy atom. The van der Waals surface area contributed by atoms with Crippen molar-refractivity contribution in [2.45, 2.75) is 17.2 Å². The predicted octanol–water partition coefficient (Wildman–Crippen LogP) is 1.57. The molecular weight excluding hydrogens is 220 g/mol. The number of nitrogens with two attached hydrogens (primary N) is 1. The molecule has 0 spiro atoms. The van der Waals surface area contributed by atoms with E-state index < -0.39 is 0 Å². The van der Waals surface area contributed by atoms with E-state index in [1.807, 2.05) is 19.2 Å². The number of aromatic nitrogens is 3. The maximum Gasteiger partial charge on any atom is 0.138 e. The van der Waals surface area contributed by atoms with Gasteiger partial charge in [-0.2, -0.15) is 5.10 Å². The minimum absolute atomic E-state index is 0.582. The lowest BCUT2D eigenvalue weighted by atomic mass is 10.2. The SMILES string of the molecule is Cn1ncnc1CSc1cccc(CN)c1. The molecule has 0 bridgehead atoms. The van der Waals surface area contributed by atoms with Gasteiger partial charge < -0.3 is 5.73 Å². The molecule has 1 aromatic carbocycles. The van der Waals surface area contributed by atoms with Gasteiger partial charge in [0.25, 0.3) is 0 Å². The van der Waals surface area contributed by atoms with Crippen LogP contribution in [-0.4, -0.2) is 14.8 Å². The number of rotatable bonds is 4. The molecule has 16 heavy (non-hydrogen) atoms. The molecule has 2 rings (SSSR count). The zero-order chi connectivity index (χ0) is 11.4. The second-order valence-electron chi connectivity index (χ2n) is 3.44. The van der Waals surface area contributed by atoms with Gasteiger partial charge in [0, 0.05) is 18.5 Å². The topological polar surface area (TPSA) is 56.7 Å². The van der Waals surface area contributed by atoms with Crippen molar-refractivity contribution in [2.75, 3.05) is 0 Å². The van der Waals surface area contributed by atoms with E-state index in [0.717, 1.165) is 17.1 Å². The number of hydrogen-bond donors (Lipinski definition) is 1. The van der Waals surface area contributed by atoms with Crippen molar-refractivity contribution < 1.29 is 0 Å². The summed E-state index contributed by atoms with van der Waals surface area (Å²) in [6.07, 6.45) is 1.58. The number of aryl methyl sites for hydroxylation is 1. The van der Waals surface area contributed by atoms with Gasteiger partial charge in [0.05, 0.1) is 5.75 Å². The smallest absolute Gasteiger partial charge is 0.138 e. The summed E-state index contributed by atoms with van der Waals surface area (Å²) >= 11 is 1.74. The van der Waals surface area contributed by atoms with E-state index >= 15 is 0 Å². The van der Waals surface area contributed by atoms with Crippen LogP contribution in [0.5, 0.6) is 0 Å². The number of thioether (sulfide) groups is 1. The molecule has 0 aliphatic carbocycles. The maximum atomic E-state index is 5.60. The van der Waals surface area contributed by atoms with Crippen molar-refractivity contribution in [3.05, 3.63) is 42.0 Å². The predicted molar refractivity (Wildman–Crippen MR) is 64.9 cm³/mol. The lowest BCUT2D eigenvalue weighted by Crippen LogP contribution is -1.98. The zero-order valence-corrected chi connectivity index (χ0v) is 9.94. The fourth-order valence-electron chi connectivity index (χ4n) is 1.36. The fourth-order valence-corrected chi connectivity index (χ4v) is 2.33. The van der Waals surface area contributed by atoms with Crippen LogP contribution in [0.1, 0.15) is 11.4 Å². The van der Waals surface area contributed by atoms with Crippen molar-refractivity contribution in [3.63, 3.8) is 0 Å². The Kier molecular flexibility index (Phi) is 3.58. The fraction of sp³-hybridized carbons (Fsp3) is 0.273. The van der Waals surface area contributed by atoms with Crippen LogP contribution in [-0.2, 0) is 19.3 Å². The van der Waals surface area contributed by atoms with Crippen molar-refractivity contribution >= 4 is 11.8 Å². The lowest BCUT2D eigenvalue weighted by molar-refractivity contribution is 0.730. The lowest BCUT2D eigenvalue weighted by Gasteiger charge is -2.03. The number of nitrogens with zero attached hydrogens (tertiary/aromatic N) is 3. The standard InChI is InChI=1S/C11H14N4S/c1-15-11(13-8-14-15)7-16-10-4-2-3-9(5-10)6-12/h2-5,8H,6-7,12H2,1H3. The van der Waals surface area contributed by atoms with Crippen LogP contribution in [0.4, 0.5) is 0 Å². The average molecular weight is 234 g/mol. The first-order valence-electron chi connectivity index (χ1n) is 5.04. The van der Waals surface area contributed by atoms with Gasteiger partial charge in [-0.15, -0.1) is 11.8 Å². The second-order valence-corrected chi connectivity index (χ2v) is 4.49. The van der Waals surface area contributed by atoms with Crippen molar-refractivity contribution in [2.24, 2.45) is 12.8 Å². The highest BCUT2D eigenvalue weighted by Gasteiger charge is 2.02. The van der Waals surface area contributed by atoms with Crippen LogP contribution < -0.4 is 5.73 Å². The molecule has 0 atom stereocenters. The van der Waals surface area contributed by atoms with Crippen LogP contribution in [0.2, 0.25) is 0 Å². The van der Waals surface area contributed by atoms with E-state index in [1.54, 1.807) is 22.8 Å². The van der Waals surface area contributed by atoms with E-state index in [1.165, 1.54) is 4.90 Å². The first-order valence-corrected chi connectivity index (χ1v) is 6.03. The van der Waals surface area contributed by atoms with Gasteiger partial charge in [0.2, 0.25) is 0 Å². The van der Waals surface area contributed by atoms with Gasteiger partial charge in [-0.1, -0.05) is 12.1 Å². The first kappa shape index (κ1) is 11.2. The Bertz CT molecular complexity index is 467. The van der Waals surface area contributed by atoms with Crippen LogP contribution >= 0.6 is 11.8 Å². The van der Waals surface area contributed by atoms with Gasteiger partial charge in [-0.05, 0) is 17.7 Å². The van der Waals surface area contributed by atoms with Crippen LogP contribution in [0.15, 0.2) is 35.5 Å². The molecular formula is C11H14N4S. The highest BCUT2D eigenvalue weighted by Crippen LogP contribution is 2.22. The number of hydrogen-bond acceptors (Lipinski definition) is 4. The van der Waals surface area contributed by atoms with E-state index in [-0.39, 0.29) is 0 Å². The second kappa shape index (κ2) is 5.14. The quantitative estimate of drug-likeness (QED) is 0.816. The molecule has 2 aromatic rings. The van der Waals surface area contributed by atoms with E-state index in [0.29, 0.717) is 6.54 Å². The molecule has 1 heterocycles. The molecule has 5 heteroatoms. The van der Waals surface area contributed by atoms with Gasteiger partial charge in [-0.25, -0.2) is 4.98 Å². The Labute approximate surface area is 98.9 Å². The maximum absolute atomic E-state index is 5.60. The third-order valence-corrected chi connectivity index (χ3v) is 3.30. The molecule has 0 saturated carbocycles. The summed E-state index contributed by atoms with van der Waals surface area (Å²) in [4.78, 5) is 5.39. The molecule has 84 valence electrons. The summed E-state index contributed by atoms with van der Waals surface area (Å²) in [6.45, 7) is 0.582. The Hall–Kier alpha value is -1.33. The molecule has 0 amide bonds. The van der Waals surface area contributed by atoms with Gasteiger partial charge in [0.1, 0.15) is 12.2 Å². The summed E-state index contributed by atoms with van der Waals surface area (Å²) in [5, 5.41) is 4.03. The molecule has 1 aromatic heterocycles. The summed E-state index contributed by atoms with van der Waals surface area (Å²) in [7, 11) is 1.90. The Morgan fingerprint density at radius 1 is 1.44 bits per heavy atom. The molecule has 4 nitrogen and oxygen atoms in total. The normalized spacial score (nSPS) is 10.6. The van der Waals surface area contributed by atoms with Crippen LogP contribution in [0, 0.1) is 0 Å². The molecule has 2 N–H and O–H groups in total. The molecule has 0 aliphatic heterocycles. The Morgan fingerprint density at radius 2 is 2.31 bits per heavy atom.